The third kappa shape index (κ3) is 8.64. The minimum atomic E-state index is -5.17. The zero-order chi connectivity index (χ0) is 25.6. The number of hydrogen-bond donors (Lipinski definition) is 4. The van der Waals surface area contributed by atoms with Crippen LogP contribution in [0.25, 0.3) is 0 Å². The first kappa shape index (κ1) is 27.2. The van der Waals surface area contributed by atoms with Crippen LogP contribution in [0.2, 0.25) is 5.02 Å². The second-order valence-corrected chi connectivity index (χ2v) is 10.8. The summed E-state index contributed by atoms with van der Waals surface area (Å²) in [6.07, 6.45) is 1.74. The molecule has 11 nitrogen and oxygen atoms in total. The number of carbonyl (C=O) groups is 3. The number of nitrogens with one attached hydrogen (secondary N) is 3. The number of amides is 3. The van der Waals surface area contributed by atoms with Crippen molar-refractivity contribution in [2.45, 2.75) is 56.0 Å². The molecule has 1 aliphatic carbocycles. The summed E-state index contributed by atoms with van der Waals surface area (Å²) in [6.45, 7) is 0.410. The molecule has 1 heterocycles. The highest BCUT2D eigenvalue weighted by Crippen LogP contribution is 2.33. The van der Waals surface area contributed by atoms with Crippen LogP contribution >= 0.6 is 11.6 Å². The maximum atomic E-state index is 13.0. The first-order valence-electron chi connectivity index (χ1n) is 11.4. The standard InChI is InChI=1S/C22H30ClN3O8S/c23-16-3-1-2-13(10-16)7-9-34-22(30)26-17(11-14-4-5-14)20(28)25-18(21(29)35(31,32)33)12-15-6-8-24-19(15)27/h1-3,10,14-15,17-18,21,29H,4-9,11-12H2,(H,24,27)(H,25,28)(H,26,30)(H,31,32,33)/p-1/t15-,17-,18-,21?/m0/s1. The van der Waals surface area contributed by atoms with Crippen LogP contribution in [0.3, 0.4) is 0 Å². The van der Waals surface area contributed by atoms with E-state index in [1.807, 2.05) is 6.07 Å². The molecule has 1 unspecified atom stereocenters. The third-order valence-electron chi connectivity index (χ3n) is 6.06. The molecule has 1 saturated carbocycles. The maximum absolute atomic E-state index is 13.0. The van der Waals surface area contributed by atoms with E-state index in [9.17, 15) is 32.5 Å². The van der Waals surface area contributed by atoms with Crippen LogP contribution in [0.4, 0.5) is 4.79 Å². The number of rotatable bonds is 12. The van der Waals surface area contributed by atoms with Gasteiger partial charge in [-0.15, -0.1) is 0 Å². The Kier molecular flexibility index (Phi) is 9.34. The van der Waals surface area contributed by atoms with E-state index in [2.05, 4.69) is 16.0 Å². The molecule has 0 spiro atoms. The van der Waals surface area contributed by atoms with Crippen molar-refractivity contribution < 1.29 is 37.2 Å². The number of alkyl carbamates (subject to hydrolysis) is 1. The minimum Gasteiger partial charge on any atom is -0.746 e. The Morgan fingerprint density at radius 1 is 1.23 bits per heavy atom. The van der Waals surface area contributed by atoms with Gasteiger partial charge < -0.3 is 30.3 Å². The topological polar surface area (TPSA) is 174 Å². The number of aliphatic hydroxyl groups is 1. The average Bonchev–Trinajstić information content (AvgIpc) is 3.51. The van der Waals surface area contributed by atoms with E-state index in [-0.39, 0.29) is 31.3 Å². The van der Waals surface area contributed by atoms with Crippen LogP contribution in [0.15, 0.2) is 24.3 Å². The lowest BCUT2D eigenvalue weighted by molar-refractivity contribution is -0.126. The van der Waals surface area contributed by atoms with E-state index in [1.165, 1.54) is 0 Å². The van der Waals surface area contributed by atoms with Crippen molar-refractivity contribution in [3.8, 4) is 0 Å². The number of hydrogen-bond acceptors (Lipinski definition) is 8. The lowest BCUT2D eigenvalue weighted by Crippen LogP contribution is -2.54. The van der Waals surface area contributed by atoms with Crippen LogP contribution in [-0.4, -0.2) is 66.7 Å². The van der Waals surface area contributed by atoms with Gasteiger partial charge in [0.1, 0.15) is 16.2 Å². The summed E-state index contributed by atoms with van der Waals surface area (Å²) in [5, 5.41) is 18.1. The summed E-state index contributed by atoms with van der Waals surface area (Å²) in [5.74, 6) is -1.58. The number of aliphatic hydroxyl groups excluding tert-OH is 1. The summed E-state index contributed by atoms with van der Waals surface area (Å²) in [6, 6.07) is 4.49. The van der Waals surface area contributed by atoms with Crippen molar-refractivity contribution >= 4 is 39.6 Å². The molecule has 1 aromatic rings. The first-order valence-corrected chi connectivity index (χ1v) is 13.3. The molecule has 0 aromatic heterocycles. The highest BCUT2D eigenvalue weighted by molar-refractivity contribution is 7.86. The molecule has 1 aliphatic heterocycles. The van der Waals surface area contributed by atoms with Crippen molar-refractivity contribution in [3.63, 3.8) is 0 Å². The van der Waals surface area contributed by atoms with Crippen molar-refractivity contribution in [1.29, 1.82) is 0 Å². The SMILES string of the molecule is O=C(N[C@@H](CC1CC1)C(=O)N[C@@H](C[C@@H]1CCNC1=O)C(O)S(=O)(=O)[O-])OCCc1cccc(Cl)c1. The van der Waals surface area contributed by atoms with Gasteiger partial charge in [0, 0.05) is 23.9 Å². The molecule has 13 heteroatoms. The monoisotopic (exact) mass is 530 g/mol. The van der Waals surface area contributed by atoms with Gasteiger partial charge >= 0.3 is 6.09 Å². The van der Waals surface area contributed by atoms with Gasteiger partial charge in [0.05, 0.1) is 12.6 Å². The highest BCUT2D eigenvalue weighted by atomic mass is 35.5. The second kappa shape index (κ2) is 12.0. The van der Waals surface area contributed by atoms with E-state index < -0.39 is 45.6 Å². The molecule has 1 aromatic carbocycles. The van der Waals surface area contributed by atoms with Crippen LogP contribution in [0.5, 0.6) is 0 Å². The summed E-state index contributed by atoms with van der Waals surface area (Å²) >= 11 is 5.94. The zero-order valence-electron chi connectivity index (χ0n) is 18.9. The Morgan fingerprint density at radius 3 is 2.57 bits per heavy atom. The summed E-state index contributed by atoms with van der Waals surface area (Å²) in [7, 11) is -5.17. The van der Waals surface area contributed by atoms with Gasteiger partial charge in [-0.05, 0) is 42.9 Å². The molecule has 0 radical (unpaired) electrons. The third-order valence-corrected chi connectivity index (χ3v) is 7.21. The lowest BCUT2D eigenvalue weighted by atomic mass is 9.98. The quantitative estimate of drug-likeness (QED) is 0.285. The fourth-order valence-electron chi connectivity index (χ4n) is 3.96. The van der Waals surface area contributed by atoms with Crippen LogP contribution < -0.4 is 16.0 Å². The molecular weight excluding hydrogens is 502 g/mol. The normalized spacial score (nSPS) is 20.4. The van der Waals surface area contributed by atoms with E-state index >= 15 is 0 Å². The van der Waals surface area contributed by atoms with Gasteiger partial charge in [-0.3, -0.25) is 9.59 Å². The minimum absolute atomic E-state index is 0.0382. The van der Waals surface area contributed by atoms with Crippen molar-refractivity contribution in [2.75, 3.05) is 13.2 Å². The molecule has 0 bridgehead atoms. The predicted molar refractivity (Wildman–Crippen MR) is 124 cm³/mol. The largest absolute Gasteiger partial charge is 0.746 e. The Labute approximate surface area is 208 Å². The molecular formula is C22H29ClN3O8S-. The lowest BCUT2D eigenvalue weighted by Gasteiger charge is -2.29. The van der Waals surface area contributed by atoms with Crippen LogP contribution in [-0.2, 0) is 30.9 Å². The summed E-state index contributed by atoms with van der Waals surface area (Å²) in [5.41, 5.74) is -1.57. The van der Waals surface area contributed by atoms with E-state index in [4.69, 9.17) is 16.3 Å². The molecule has 3 rings (SSSR count). The van der Waals surface area contributed by atoms with Gasteiger partial charge in [0.15, 0.2) is 5.44 Å². The molecule has 3 amide bonds. The molecule has 194 valence electrons. The van der Waals surface area contributed by atoms with Crippen molar-refractivity contribution in [2.24, 2.45) is 11.8 Å². The van der Waals surface area contributed by atoms with Gasteiger partial charge in [-0.2, -0.15) is 0 Å². The fourth-order valence-corrected chi connectivity index (χ4v) is 4.76. The smallest absolute Gasteiger partial charge is 0.407 e. The molecule has 1 saturated heterocycles. The Bertz CT molecular complexity index is 1030. The Morgan fingerprint density at radius 2 is 1.97 bits per heavy atom. The van der Waals surface area contributed by atoms with E-state index in [1.54, 1.807) is 18.2 Å². The van der Waals surface area contributed by atoms with Crippen molar-refractivity contribution in [1.82, 2.24) is 16.0 Å². The first-order chi connectivity index (χ1) is 16.5. The van der Waals surface area contributed by atoms with Crippen molar-refractivity contribution in [3.05, 3.63) is 34.9 Å². The second-order valence-electron chi connectivity index (χ2n) is 8.90. The fraction of sp³-hybridized carbons (Fsp3) is 0.591. The predicted octanol–water partition coefficient (Wildman–Crippen LogP) is 0.652. The van der Waals surface area contributed by atoms with Crippen LogP contribution in [0, 0.1) is 11.8 Å². The molecule has 4 atom stereocenters. The summed E-state index contributed by atoms with van der Waals surface area (Å²) < 4.78 is 39.5. The van der Waals surface area contributed by atoms with Gasteiger partial charge in [0.25, 0.3) is 0 Å². The summed E-state index contributed by atoms with van der Waals surface area (Å²) in [4.78, 5) is 37.2. The molecule has 2 aliphatic rings. The molecule has 4 N–H and O–H groups in total. The number of ether oxygens (including phenoxy) is 1. The van der Waals surface area contributed by atoms with Gasteiger partial charge in [-0.1, -0.05) is 36.6 Å². The molecule has 2 fully saturated rings. The van der Waals surface area contributed by atoms with Gasteiger partial charge in [0.2, 0.25) is 11.8 Å². The number of carbonyl (C=O) groups excluding carboxylic acids is 3. The van der Waals surface area contributed by atoms with E-state index in [0.717, 1.165) is 18.4 Å². The Hall–Kier alpha value is -2.41. The van der Waals surface area contributed by atoms with Gasteiger partial charge in [-0.25, -0.2) is 13.2 Å². The van der Waals surface area contributed by atoms with Crippen LogP contribution in [0.1, 0.15) is 37.7 Å². The average molecular weight is 531 g/mol. The number of halogens is 1. The molecule has 35 heavy (non-hydrogen) atoms. The highest BCUT2D eigenvalue weighted by Gasteiger charge is 2.37. The maximum Gasteiger partial charge on any atom is 0.407 e. The Balaban J connectivity index is 1.60. The number of benzene rings is 1. The van der Waals surface area contributed by atoms with E-state index in [0.29, 0.717) is 24.4 Å². The zero-order valence-corrected chi connectivity index (χ0v) is 20.5.